The zero-order chi connectivity index (χ0) is 11.1. The second kappa shape index (κ2) is 3.10. The highest BCUT2D eigenvalue weighted by molar-refractivity contribution is 6.13. The topological polar surface area (TPSA) is 58.9 Å². The maximum atomic E-state index is 11.2. The lowest BCUT2D eigenvalue weighted by atomic mass is 10.1. The molecule has 16 heavy (non-hydrogen) atoms. The number of primary amides is 1. The molecule has 0 saturated carbocycles. The third kappa shape index (κ3) is 1.11. The quantitative estimate of drug-likeness (QED) is 0.636. The maximum Gasteiger partial charge on any atom is 0.250 e. The van der Waals surface area contributed by atoms with Gasteiger partial charge in [0.2, 0.25) is 0 Å². The highest BCUT2D eigenvalue weighted by atomic mass is 16.1. The van der Waals surface area contributed by atoms with Gasteiger partial charge in [0.05, 0.1) is 11.1 Å². The van der Waals surface area contributed by atoms with Gasteiger partial charge in [-0.25, -0.2) is 0 Å². The van der Waals surface area contributed by atoms with Gasteiger partial charge in [-0.15, -0.1) is 0 Å². The van der Waals surface area contributed by atoms with E-state index in [1.54, 1.807) is 6.20 Å². The molecule has 3 nitrogen and oxygen atoms in total. The Morgan fingerprint density at radius 3 is 2.69 bits per heavy atom. The van der Waals surface area contributed by atoms with Gasteiger partial charge in [0.25, 0.3) is 5.91 Å². The standard InChI is InChI=1S/C13H10N2O/c14-13(16)11-7-15-12-9-4-2-1-3-8(9)5-6-10(11)12/h1-7,15H,(H2,14,16). The molecular formula is C13H10N2O. The van der Waals surface area contributed by atoms with E-state index >= 15 is 0 Å². The average molecular weight is 210 g/mol. The van der Waals surface area contributed by atoms with E-state index in [4.69, 9.17) is 5.73 Å². The molecule has 78 valence electrons. The molecule has 0 saturated heterocycles. The largest absolute Gasteiger partial charge is 0.366 e. The molecule has 3 heteroatoms. The molecule has 1 aromatic heterocycles. The predicted octanol–water partition coefficient (Wildman–Crippen LogP) is 2.42. The first-order valence-electron chi connectivity index (χ1n) is 5.06. The molecular weight excluding hydrogens is 200 g/mol. The summed E-state index contributed by atoms with van der Waals surface area (Å²) in [5, 5.41) is 3.13. The molecule has 0 aliphatic rings. The highest BCUT2D eigenvalue weighted by Crippen LogP contribution is 2.26. The molecule has 0 aliphatic heterocycles. The molecule has 3 rings (SSSR count). The minimum absolute atomic E-state index is 0.401. The number of aromatic nitrogens is 1. The average Bonchev–Trinajstić information content (AvgIpc) is 2.73. The van der Waals surface area contributed by atoms with Crippen LogP contribution in [0.25, 0.3) is 21.7 Å². The van der Waals surface area contributed by atoms with Gasteiger partial charge in [-0.1, -0.05) is 36.4 Å². The summed E-state index contributed by atoms with van der Waals surface area (Å²) >= 11 is 0. The van der Waals surface area contributed by atoms with Gasteiger partial charge in [-0.05, 0) is 5.39 Å². The van der Waals surface area contributed by atoms with E-state index in [1.807, 2.05) is 36.4 Å². The number of amides is 1. The first-order valence-corrected chi connectivity index (χ1v) is 5.06. The van der Waals surface area contributed by atoms with Crippen LogP contribution in [-0.4, -0.2) is 10.9 Å². The Hall–Kier alpha value is -2.29. The Kier molecular flexibility index (Phi) is 1.74. The molecule has 0 radical (unpaired) electrons. The number of nitrogens with two attached hydrogens (primary N) is 1. The van der Waals surface area contributed by atoms with Gasteiger partial charge in [-0.2, -0.15) is 0 Å². The summed E-state index contributed by atoms with van der Waals surface area (Å²) in [6.07, 6.45) is 1.67. The monoisotopic (exact) mass is 210 g/mol. The smallest absolute Gasteiger partial charge is 0.250 e. The van der Waals surface area contributed by atoms with E-state index < -0.39 is 5.91 Å². The van der Waals surface area contributed by atoms with Gasteiger partial charge in [0, 0.05) is 17.0 Å². The van der Waals surface area contributed by atoms with E-state index in [-0.39, 0.29) is 0 Å². The summed E-state index contributed by atoms with van der Waals surface area (Å²) in [5.74, 6) is -0.401. The Labute approximate surface area is 91.9 Å². The fraction of sp³-hybridized carbons (Fsp3) is 0. The highest BCUT2D eigenvalue weighted by Gasteiger charge is 2.09. The molecule has 3 N–H and O–H groups in total. The number of hydrogen-bond donors (Lipinski definition) is 2. The number of nitrogens with one attached hydrogen (secondary N) is 1. The van der Waals surface area contributed by atoms with Crippen molar-refractivity contribution < 1.29 is 4.79 Å². The van der Waals surface area contributed by atoms with Gasteiger partial charge in [0.1, 0.15) is 0 Å². The van der Waals surface area contributed by atoms with Crippen LogP contribution in [-0.2, 0) is 0 Å². The molecule has 3 aromatic rings. The Morgan fingerprint density at radius 1 is 1.06 bits per heavy atom. The fourth-order valence-electron chi connectivity index (χ4n) is 2.08. The predicted molar refractivity (Wildman–Crippen MR) is 64.3 cm³/mol. The summed E-state index contributed by atoms with van der Waals surface area (Å²) in [5.41, 5.74) is 6.82. The Bertz CT molecular complexity index is 697. The Balaban J connectivity index is 2.49. The minimum atomic E-state index is -0.401. The number of fused-ring (bicyclic) bond motifs is 3. The number of rotatable bonds is 1. The van der Waals surface area contributed by atoms with Crippen LogP contribution in [0.4, 0.5) is 0 Å². The minimum Gasteiger partial charge on any atom is -0.366 e. The maximum absolute atomic E-state index is 11.2. The normalized spacial score (nSPS) is 11.0. The van der Waals surface area contributed by atoms with Crippen LogP contribution in [0, 0.1) is 0 Å². The van der Waals surface area contributed by atoms with E-state index in [9.17, 15) is 4.79 Å². The van der Waals surface area contributed by atoms with E-state index in [0.29, 0.717) is 5.56 Å². The van der Waals surface area contributed by atoms with E-state index in [2.05, 4.69) is 4.98 Å². The molecule has 0 fully saturated rings. The second-order valence-electron chi connectivity index (χ2n) is 3.78. The molecule has 0 spiro atoms. The third-order valence-corrected chi connectivity index (χ3v) is 2.85. The fourth-order valence-corrected chi connectivity index (χ4v) is 2.08. The van der Waals surface area contributed by atoms with Crippen LogP contribution in [0.3, 0.4) is 0 Å². The first kappa shape index (κ1) is 8.97. The number of benzene rings is 2. The first-order chi connectivity index (χ1) is 7.77. The summed E-state index contributed by atoms with van der Waals surface area (Å²) in [7, 11) is 0. The van der Waals surface area contributed by atoms with Crippen LogP contribution in [0.2, 0.25) is 0 Å². The lowest BCUT2D eigenvalue weighted by molar-refractivity contribution is 0.100. The van der Waals surface area contributed by atoms with Crippen molar-refractivity contribution in [1.29, 1.82) is 0 Å². The van der Waals surface area contributed by atoms with Crippen molar-refractivity contribution >= 4 is 27.6 Å². The lowest BCUT2D eigenvalue weighted by Crippen LogP contribution is -2.09. The van der Waals surface area contributed by atoms with E-state index in [1.165, 1.54) is 0 Å². The number of hydrogen-bond acceptors (Lipinski definition) is 1. The SMILES string of the molecule is NC(=O)c1c[nH]c2c1ccc1ccccc12. The van der Waals surface area contributed by atoms with Crippen molar-refractivity contribution in [2.45, 2.75) is 0 Å². The molecule has 0 aliphatic carbocycles. The molecule has 1 amide bonds. The zero-order valence-corrected chi connectivity index (χ0v) is 8.53. The van der Waals surface area contributed by atoms with Crippen molar-refractivity contribution in [3.63, 3.8) is 0 Å². The van der Waals surface area contributed by atoms with Gasteiger partial charge in [-0.3, -0.25) is 4.79 Å². The van der Waals surface area contributed by atoms with Crippen LogP contribution < -0.4 is 5.73 Å². The molecule has 1 heterocycles. The number of H-pyrrole nitrogens is 1. The number of aromatic amines is 1. The summed E-state index contributed by atoms with van der Waals surface area (Å²) in [6, 6.07) is 12.0. The molecule has 0 bridgehead atoms. The Morgan fingerprint density at radius 2 is 1.88 bits per heavy atom. The van der Waals surface area contributed by atoms with E-state index in [0.717, 1.165) is 21.7 Å². The van der Waals surface area contributed by atoms with Crippen LogP contribution >= 0.6 is 0 Å². The number of carbonyl (C=O) groups is 1. The summed E-state index contributed by atoms with van der Waals surface area (Å²) in [6.45, 7) is 0. The van der Waals surface area contributed by atoms with Crippen LogP contribution in [0.1, 0.15) is 10.4 Å². The zero-order valence-electron chi connectivity index (χ0n) is 8.53. The van der Waals surface area contributed by atoms with Crippen molar-refractivity contribution in [3.8, 4) is 0 Å². The second-order valence-corrected chi connectivity index (χ2v) is 3.78. The third-order valence-electron chi connectivity index (χ3n) is 2.85. The molecule has 2 aromatic carbocycles. The summed E-state index contributed by atoms with van der Waals surface area (Å²) < 4.78 is 0. The van der Waals surface area contributed by atoms with Gasteiger partial charge in [0.15, 0.2) is 0 Å². The van der Waals surface area contributed by atoms with Crippen LogP contribution in [0.15, 0.2) is 42.6 Å². The van der Waals surface area contributed by atoms with Crippen molar-refractivity contribution in [2.75, 3.05) is 0 Å². The molecule has 0 atom stereocenters. The lowest BCUT2D eigenvalue weighted by Gasteiger charge is -1.99. The van der Waals surface area contributed by atoms with Gasteiger partial charge < -0.3 is 10.7 Å². The van der Waals surface area contributed by atoms with Crippen molar-refractivity contribution in [1.82, 2.24) is 4.98 Å². The van der Waals surface area contributed by atoms with Crippen molar-refractivity contribution in [3.05, 3.63) is 48.2 Å². The van der Waals surface area contributed by atoms with Crippen molar-refractivity contribution in [2.24, 2.45) is 5.73 Å². The number of carbonyl (C=O) groups excluding carboxylic acids is 1. The van der Waals surface area contributed by atoms with Gasteiger partial charge >= 0.3 is 0 Å². The summed E-state index contributed by atoms with van der Waals surface area (Å²) in [4.78, 5) is 14.3. The molecule has 0 unspecified atom stereocenters. The van der Waals surface area contributed by atoms with Crippen LogP contribution in [0.5, 0.6) is 0 Å².